The second-order valence-corrected chi connectivity index (χ2v) is 12.8. The van der Waals surface area contributed by atoms with Gasteiger partial charge in [-0.1, -0.05) is 68.8 Å². The van der Waals surface area contributed by atoms with E-state index in [2.05, 4.69) is 19.2 Å². The summed E-state index contributed by atoms with van der Waals surface area (Å²) in [5, 5.41) is 5.12. The van der Waals surface area contributed by atoms with Crippen LogP contribution in [-0.4, -0.2) is 17.9 Å². The predicted octanol–water partition coefficient (Wildman–Crippen LogP) is 11.8. The highest BCUT2D eigenvalue weighted by Crippen LogP contribution is 2.47. The van der Waals surface area contributed by atoms with E-state index in [1.165, 1.54) is 0 Å². The molecule has 0 bridgehead atoms. The third-order valence-corrected chi connectivity index (χ3v) is 9.31. The molecule has 0 amide bonds. The topological polar surface area (TPSA) is 24.8 Å². The van der Waals surface area contributed by atoms with Gasteiger partial charge in [0, 0.05) is 24.1 Å². The Kier molecular flexibility index (Phi) is 11.4. The van der Waals surface area contributed by atoms with Gasteiger partial charge in [0.25, 0.3) is 0 Å². The van der Waals surface area contributed by atoms with Crippen molar-refractivity contribution in [3.8, 4) is 33.4 Å². The van der Waals surface area contributed by atoms with E-state index in [-0.39, 0.29) is 17.7 Å². The van der Waals surface area contributed by atoms with Gasteiger partial charge < -0.3 is 10.1 Å². The molecule has 0 unspecified atom stereocenters. The van der Waals surface area contributed by atoms with Crippen molar-refractivity contribution in [2.24, 2.45) is 0 Å². The summed E-state index contributed by atoms with van der Waals surface area (Å²) in [4.78, 5) is 0. The molecule has 0 aliphatic heterocycles. The first-order valence-electron chi connectivity index (χ1n) is 17.4. The summed E-state index contributed by atoms with van der Waals surface area (Å²) in [6.07, 6.45) is 12.2. The fourth-order valence-corrected chi connectivity index (χ4v) is 6.76. The molecule has 8 heteroatoms. The van der Waals surface area contributed by atoms with Crippen molar-refractivity contribution in [1.29, 1.82) is 0 Å². The molecule has 2 nitrogen and oxygen atoms in total. The minimum atomic E-state index is -1.55. The van der Waals surface area contributed by atoms with Crippen LogP contribution in [0.15, 0.2) is 72.8 Å². The number of unbranched alkanes of at least 4 members (excludes halogenated alkanes) is 2. The minimum absolute atomic E-state index is 0.156. The lowest BCUT2D eigenvalue weighted by molar-refractivity contribution is -0.0537. The molecule has 5 aromatic rings. The Morgan fingerprint density at radius 2 is 1.27 bits per heavy atom. The summed E-state index contributed by atoms with van der Waals surface area (Å²) in [6, 6.07) is 15.4. The van der Waals surface area contributed by atoms with Crippen molar-refractivity contribution in [3.05, 3.63) is 130 Å². The van der Waals surface area contributed by atoms with Gasteiger partial charge in [-0.3, -0.25) is 0 Å². The third-order valence-electron chi connectivity index (χ3n) is 9.31. The van der Waals surface area contributed by atoms with Crippen LogP contribution in [0.2, 0.25) is 0 Å². The normalized spacial score (nSPS) is 12.5. The highest BCUT2D eigenvalue weighted by Gasteiger charge is 2.27. The Hall–Kier alpha value is -4.66. The molecule has 2 N–H and O–H groups in total. The van der Waals surface area contributed by atoms with Crippen LogP contribution in [0.4, 0.5) is 26.3 Å². The second-order valence-electron chi connectivity index (χ2n) is 12.8. The van der Waals surface area contributed by atoms with E-state index in [9.17, 15) is 26.3 Å². The average molecular weight is 701 g/mol. The maximum Gasteiger partial charge on any atom is 0.194 e. The molecule has 5 aromatic carbocycles. The first kappa shape index (κ1) is 36.1. The van der Waals surface area contributed by atoms with Crippen LogP contribution < -0.4 is 5.32 Å². The van der Waals surface area contributed by atoms with Gasteiger partial charge >= 0.3 is 0 Å². The lowest BCUT2D eigenvalue weighted by atomic mass is 9.80. The molecule has 0 fully saturated rings. The van der Waals surface area contributed by atoms with Crippen LogP contribution >= 0.6 is 0 Å². The molecule has 0 saturated heterocycles. The molecule has 51 heavy (non-hydrogen) atoms. The number of nitrogens with one attached hydrogen (secondary N) is 1. The minimum Gasteiger partial charge on any atom is -0.430 e. The standard InChI is InChI=1S/C43H39F6NO/c1-3-5-16-50-24-34-32(28-20-36(44)42(48)37(45)21-28)18-27-13-10-11-15-30(27)40(34)41-31-14-9-7-8-12-26(31)19-33(35(41)25-51-17-6-4-2)29-22-38(46)43(49)39(47)23-29/h8-15,18-23,50H,3-7,16-17,24-25H2,1-2H3/p+1. The van der Waals surface area contributed by atoms with Crippen LogP contribution in [0.5, 0.6) is 0 Å². The number of ether oxygens (including phenoxy) is 1. The van der Waals surface area contributed by atoms with E-state index in [1.807, 2.05) is 60.7 Å². The van der Waals surface area contributed by atoms with Crippen LogP contribution in [0.1, 0.15) is 68.2 Å². The van der Waals surface area contributed by atoms with Crippen LogP contribution in [0.3, 0.4) is 0 Å². The number of hydrogen-bond acceptors (Lipinski definition) is 1. The molecule has 0 aromatic heterocycles. The van der Waals surface area contributed by atoms with E-state index in [0.717, 1.165) is 83.0 Å². The SMILES string of the molecule is CCCCNCc1c(-c2cc(F)c(F)c(F)c2)cc2ccccc2c1-c1c2c(cc(-c3cc(F)c(F)c(F)c3)c1C[OH+]CCCC)C=CCC=C2. The Labute approximate surface area is 294 Å². The maximum atomic E-state index is 14.9. The van der Waals surface area contributed by atoms with Crippen LogP contribution in [0, 0.1) is 34.9 Å². The fraction of sp³-hybridized carbons (Fsp3) is 0.256. The summed E-state index contributed by atoms with van der Waals surface area (Å²) in [5.74, 6) is -8.32. The highest BCUT2D eigenvalue weighted by molar-refractivity contribution is 6.06. The molecule has 0 radical (unpaired) electrons. The Morgan fingerprint density at radius 3 is 1.92 bits per heavy atom. The van der Waals surface area contributed by atoms with Crippen molar-refractivity contribution in [3.63, 3.8) is 0 Å². The van der Waals surface area contributed by atoms with E-state index < -0.39 is 34.9 Å². The van der Waals surface area contributed by atoms with Crippen molar-refractivity contribution in [2.75, 3.05) is 13.2 Å². The van der Waals surface area contributed by atoms with Gasteiger partial charge in [-0.25, -0.2) is 26.3 Å². The molecule has 0 spiro atoms. The molecule has 0 atom stereocenters. The summed E-state index contributed by atoms with van der Waals surface area (Å²) in [5.41, 5.74) is 5.79. The molecule has 0 heterocycles. The van der Waals surface area contributed by atoms with Crippen LogP contribution in [-0.2, 0) is 13.2 Å². The van der Waals surface area contributed by atoms with Gasteiger partial charge in [-0.05, 0) is 117 Å². The van der Waals surface area contributed by atoms with E-state index in [1.54, 1.807) is 0 Å². The first-order valence-corrected chi connectivity index (χ1v) is 17.4. The van der Waals surface area contributed by atoms with Gasteiger partial charge in [0.05, 0.1) is 0 Å². The van der Waals surface area contributed by atoms with Crippen molar-refractivity contribution in [1.82, 2.24) is 5.32 Å². The summed E-state index contributed by atoms with van der Waals surface area (Å²) < 4.78 is 93.0. The molecule has 1 aliphatic rings. The molecular formula is C43H40F6NO+. The van der Waals surface area contributed by atoms with E-state index in [0.29, 0.717) is 48.4 Å². The Balaban J connectivity index is 1.78. The number of benzene rings is 5. The first-order chi connectivity index (χ1) is 24.7. The van der Waals surface area contributed by atoms with Gasteiger partial charge in [-0.15, -0.1) is 0 Å². The van der Waals surface area contributed by atoms with Gasteiger partial charge in [-0.2, -0.15) is 0 Å². The zero-order valence-corrected chi connectivity index (χ0v) is 28.7. The predicted molar refractivity (Wildman–Crippen MR) is 195 cm³/mol. The zero-order chi connectivity index (χ0) is 36.1. The van der Waals surface area contributed by atoms with Gasteiger partial charge in [0.2, 0.25) is 0 Å². The molecule has 0 saturated carbocycles. The number of rotatable bonds is 13. The highest BCUT2D eigenvalue weighted by atomic mass is 19.2. The number of fused-ring (bicyclic) bond motifs is 2. The molecule has 1 aliphatic carbocycles. The quantitative estimate of drug-likeness (QED) is 0.0562. The van der Waals surface area contributed by atoms with Gasteiger partial charge in [0.1, 0.15) is 6.61 Å². The third kappa shape index (κ3) is 7.53. The van der Waals surface area contributed by atoms with Crippen LogP contribution in [0.25, 0.3) is 56.3 Å². The molecule has 264 valence electrons. The van der Waals surface area contributed by atoms with Crippen molar-refractivity contribution in [2.45, 2.75) is 59.1 Å². The number of aliphatic hydroxyl groups is 2. The molecule has 6 rings (SSSR count). The summed E-state index contributed by atoms with van der Waals surface area (Å²) >= 11 is 0. The monoisotopic (exact) mass is 700 g/mol. The van der Waals surface area contributed by atoms with E-state index >= 15 is 0 Å². The number of hydrogen-bond donors (Lipinski definition) is 1. The van der Waals surface area contributed by atoms with E-state index in [4.69, 9.17) is 4.74 Å². The van der Waals surface area contributed by atoms with Crippen molar-refractivity contribution >= 4 is 22.9 Å². The smallest absolute Gasteiger partial charge is 0.194 e. The second kappa shape index (κ2) is 16.1. The summed E-state index contributed by atoms with van der Waals surface area (Å²) in [6.45, 7) is 5.83. The Bertz CT molecular complexity index is 2090. The summed E-state index contributed by atoms with van der Waals surface area (Å²) in [7, 11) is 0. The number of allylic oxidation sites excluding steroid dienone is 2. The lowest BCUT2D eigenvalue weighted by Crippen LogP contribution is -2.17. The Morgan fingerprint density at radius 1 is 0.667 bits per heavy atom. The van der Waals surface area contributed by atoms with Crippen molar-refractivity contribution < 1.29 is 31.1 Å². The fourth-order valence-electron chi connectivity index (χ4n) is 6.76. The zero-order valence-electron chi connectivity index (χ0n) is 28.7. The lowest BCUT2D eigenvalue weighted by Gasteiger charge is -2.25. The number of halogens is 6. The van der Waals surface area contributed by atoms with Gasteiger partial charge in [0.15, 0.2) is 41.5 Å². The average Bonchev–Trinajstić information content (AvgIpc) is 3.37. The largest absolute Gasteiger partial charge is 0.430 e. The maximum absolute atomic E-state index is 14.9. The molecular weight excluding hydrogens is 660 g/mol.